The van der Waals surface area contributed by atoms with E-state index in [-0.39, 0.29) is 0 Å². The highest BCUT2D eigenvalue weighted by Gasteiger charge is 2.11. The summed E-state index contributed by atoms with van der Waals surface area (Å²) < 4.78 is 0. The second-order valence-electron chi connectivity index (χ2n) is 3.21. The van der Waals surface area contributed by atoms with E-state index in [1.165, 1.54) is 23.5 Å². The molecule has 0 aliphatic rings. The first kappa shape index (κ1) is 15.6. The third-order valence-electron chi connectivity index (χ3n) is 1.84. The summed E-state index contributed by atoms with van der Waals surface area (Å²) in [6.07, 6.45) is 4.31. The van der Waals surface area contributed by atoms with Crippen LogP contribution in [0.4, 0.5) is 0 Å². The van der Waals surface area contributed by atoms with Crippen molar-refractivity contribution >= 4 is 33.6 Å². The molecule has 6 heteroatoms. The van der Waals surface area contributed by atoms with Crippen molar-refractivity contribution in [2.24, 2.45) is 10.3 Å². The first-order valence-electron chi connectivity index (χ1n) is 5.50. The summed E-state index contributed by atoms with van der Waals surface area (Å²) in [6, 6.07) is 0. The van der Waals surface area contributed by atoms with Crippen LogP contribution in [0.1, 0.15) is 39.5 Å². The number of rotatable bonds is 6. The number of unbranched alkanes of at least 4 members (excludes halogenated alkanes) is 2. The Morgan fingerprint density at radius 3 is 1.50 bits per heavy atom. The van der Waals surface area contributed by atoms with E-state index in [0.717, 1.165) is 37.2 Å². The molecule has 0 radical (unpaired) electrons. The lowest BCUT2D eigenvalue weighted by Gasteiger charge is -2.05. The fourth-order valence-electron chi connectivity index (χ4n) is 0.893. The van der Waals surface area contributed by atoms with Crippen molar-refractivity contribution in [2.45, 2.75) is 39.5 Å². The lowest BCUT2D eigenvalue weighted by atomic mass is 10.4. The van der Waals surface area contributed by atoms with Crippen LogP contribution in [-0.2, 0) is 0 Å². The van der Waals surface area contributed by atoms with Gasteiger partial charge in [-0.1, -0.05) is 37.0 Å². The lowest BCUT2D eigenvalue weighted by molar-refractivity contribution is 0.316. The molecule has 0 spiro atoms. The van der Waals surface area contributed by atoms with E-state index >= 15 is 0 Å². The van der Waals surface area contributed by atoms with Crippen molar-refractivity contribution in [3.63, 3.8) is 0 Å². The van der Waals surface area contributed by atoms with Gasteiger partial charge in [-0.15, -0.1) is 23.5 Å². The highest BCUT2D eigenvalue weighted by Crippen LogP contribution is 2.17. The zero-order valence-corrected chi connectivity index (χ0v) is 11.5. The molecule has 2 N–H and O–H groups in total. The topological polar surface area (TPSA) is 65.2 Å². The molecule has 94 valence electrons. The van der Waals surface area contributed by atoms with Crippen molar-refractivity contribution < 1.29 is 10.4 Å². The zero-order valence-electron chi connectivity index (χ0n) is 9.85. The number of hydrogen-bond donors (Lipinski definition) is 2. The predicted octanol–water partition coefficient (Wildman–Crippen LogP) is 3.63. The number of oxime groups is 2. The van der Waals surface area contributed by atoms with E-state index in [4.69, 9.17) is 10.4 Å². The molecule has 0 saturated heterocycles. The minimum Gasteiger partial charge on any atom is -0.410 e. The van der Waals surface area contributed by atoms with E-state index < -0.39 is 0 Å². The summed E-state index contributed by atoms with van der Waals surface area (Å²) >= 11 is 2.85. The fourth-order valence-corrected chi connectivity index (χ4v) is 2.94. The average Bonchev–Trinajstić information content (AvgIpc) is 2.31. The van der Waals surface area contributed by atoms with E-state index in [1.54, 1.807) is 0 Å². The molecule has 0 rings (SSSR count). The zero-order chi connectivity index (χ0) is 12.2. The maximum Gasteiger partial charge on any atom is 0.171 e. The Morgan fingerprint density at radius 2 is 1.25 bits per heavy atom. The molecule has 0 atom stereocenters. The SMILES string of the molecule is CCCCSC(=N\O)/C(=N/O)SCCCC. The van der Waals surface area contributed by atoms with Gasteiger partial charge >= 0.3 is 0 Å². The first-order valence-corrected chi connectivity index (χ1v) is 7.47. The molecule has 0 saturated carbocycles. The highest BCUT2D eigenvalue weighted by atomic mass is 32.2. The molecule has 4 nitrogen and oxygen atoms in total. The van der Waals surface area contributed by atoms with Crippen LogP contribution in [0.25, 0.3) is 0 Å². The minimum absolute atomic E-state index is 0.414. The predicted molar refractivity (Wildman–Crippen MR) is 73.2 cm³/mol. The van der Waals surface area contributed by atoms with E-state index in [2.05, 4.69) is 24.2 Å². The third kappa shape index (κ3) is 7.00. The number of hydrogen-bond acceptors (Lipinski definition) is 6. The highest BCUT2D eigenvalue weighted by molar-refractivity contribution is 8.25. The van der Waals surface area contributed by atoms with Gasteiger partial charge in [-0.25, -0.2) is 0 Å². The van der Waals surface area contributed by atoms with Gasteiger partial charge in [-0.3, -0.25) is 0 Å². The van der Waals surface area contributed by atoms with Gasteiger partial charge in [0.25, 0.3) is 0 Å². The summed E-state index contributed by atoms with van der Waals surface area (Å²) in [6.45, 7) is 4.21. The van der Waals surface area contributed by atoms with Gasteiger partial charge < -0.3 is 10.4 Å². The van der Waals surface area contributed by atoms with Crippen LogP contribution in [0, 0.1) is 0 Å². The van der Waals surface area contributed by atoms with Crippen LogP contribution in [0.15, 0.2) is 10.3 Å². The van der Waals surface area contributed by atoms with E-state index in [1.807, 2.05) is 0 Å². The Labute approximate surface area is 106 Å². The van der Waals surface area contributed by atoms with E-state index in [9.17, 15) is 0 Å². The number of thioether (sulfide) groups is 2. The average molecular weight is 264 g/mol. The molecule has 0 fully saturated rings. The standard InChI is InChI=1S/C10H20N2O2S2/c1-3-5-7-15-9(11-13)10(12-14)16-8-6-4-2/h13-14H,3-8H2,1-2H3/b11-9-,12-10-. The molecule has 0 aromatic heterocycles. The second-order valence-corrected chi connectivity index (χ2v) is 5.38. The maximum atomic E-state index is 8.85. The Hall–Kier alpha value is -0.360. The molecular formula is C10H20N2O2S2. The molecule has 0 aliphatic carbocycles. The van der Waals surface area contributed by atoms with Crippen molar-refractivity contribution in [2.75, 3.05) is 11.5 Å². The van der Waals surface area contributed by atoms with Crippen molar-refractivity contribution in [3.05, 3.63) is 0 Å². The van der Waals surface area contributed by atoms with Crippen molar-refractivity contribution in [1.82, 2.24) is 0 Å². The van der Waals surface area contributed by atoms with Crippen molar-refractivity contribution in [3.8, 4) is 0 Å². The summed E-state index contributed by atoms with van der Waals surface area (Å²) in [5.41, 5.74) is 0. The van der Waals surface area contributed by atoms with Gasteiger partial charge in [0.15, 0.2) is 10.1 Å². The largest absolute Gasteiger partial charge is 0.410 e. The molecule has 0 bridgehead atoms. The van der Waals surface area contributed by atoms with Gasteiger partial charge in [0, 0.05) is 0 Å². The fraction of sp³-hybridized carbons (Fsp3) is 0.800. The molecule has 0 amide bonds. The van der Waals surface area contributed by atoms with Crippen LogP contribution < -0.4 is 0 Å². The Kier molecular flexibility index (Phi) is 10.9. The molecule has 0 aromatic carbocycles. The van der Waals surface area contributed by atoms with Gasteiger partial charge in [0.1, 0.15) is 0 Å². The quantitative estimate of drug-likeness (QED) is 0.253. The number of nitrogens with zero attached hydrogens (tertiary/aromatic N) is 2. The monoisotopic (exact) mass is 264 g/mol. The summed E-state index contributed by atoms with van der Waals surface area (Å²) in [5.74, 6) is 1.76. The molecule has 0 unspecified atom stereocenters. The van der Waals surface area contributed by atoms with Crippen molar-refractivity contribution in [1.29, 1.82) is 0 Å². The smallest absolute Gasteiger partial charge is 0.171 e. The van der Waals surface area contributed by atoms with Crippen LogP contribution >= 0.6 is 23.5 Å². The van der Waals surface area contributed by atoms with Crippen LogP contribution in [0.2, 0.25) is 0 Å². The lowest BCUT2D eigenvalue weighted by Crippen LogP contribution is -2.08. The Balaban J connectivity index is 4.09. The second kappa shape index (κ2) is 11.1. The minimum atomic E-state index is 0.414. The molecule has 0 aromatic rings. The van der Waals surface area contributed by atoms with Gasteiger partial charge in [0.2, 0.25) is 0 Å². The van der Waals surface area contributed by atoms with Crippen LogP contribution in [0.3, 0.4) is 0 Å². The Bertz CT molecular complexity index is 209. The molecular weight excluding hydrogens is 244 g/mol. The summed E-state index contributed by atoms with van der Waals surface area (Å²) in [7, 11) is 0. The third-order valence-corrected chi connectivity index (χ3v) is 4.05. The van der Waals surface area contributed by atoms with Crippen LogP contribution in [-0.4, -0.2) is 32.0 Å². The first-order chi connectivity index (χ1) is 7.79. The molecule has 0 aliphatic heterocycles. The molecule has 16 heavy (non-hydrogen) atoms. The maximum absolute atomic E-state index is 8.85. The van der Waals surface area contributed by atoms with Gasteiger partial charge in [-0.05, 0) is 24.3 Å². The van der Waals surface area contributed by atoms with E-state index in [0.29, 0.717) is 10.1 Å². The molecule has 0 heterocycles. The van der Waals surface area contributed by atoms with Gasteiger partial charge in [-0.2, -0.15) is 0 Å². The van der Waals surface area contributed by atoms with Crippen LogP contribution in [0.5, 0.6) is 0 Å². The summed E-state index contributed by atoms with van der Waals surface area (Å²) in [4.78, 5) is 0. The Morgan fingerprint density at radius 1 is 0.875 bits per heavy atom. The van der Waals surface area contributed by atoms with Gasteiger partial charge in [0.05, 0.1) is 0 Å². The normalized spacial score (nSPS) is 13.1. The summed E-state index contributed by atoms with van der Waals surface area (Å²) in [5, 5.41) is 24.9.